The number of rotatable bonds is 6. The molecule has 0 bridgehead atoms. The van der Waals surface area contributed by atoms with Crippen LogP contribution in [-0.4, -0.2) is 35.0 Å². The molecule has 0 fully saturated rings. The van der Waals surface area contributed by atoms with Gasteiger partial charge < -0.3 is 15.3 Å². The first-order chi connectivity index (χ1) is 9.06. The second kappa shape index (κ2) is 17.1. The van der Waals surface area contributed by atoms with E-state index >= 15 is 0 Å². The lowest BCUT2D eigenvalue weighted by Crippen LogP contribution is -1.85. The molecule has 0 rings (SSSR count). The molecule has 0 saturated heterocycles. The monoisotopic (exact) mass is 188 g/mol. The maximum Gasteiger partial charge on any atom is 0.0564 e. The Balaban J connectivity index is 0. The summed E-state index contributed by atoms with van der Waals surface area (Å²) < 4.78 is 59.5. The molecule has 0 saturated carbocycles. The quantitative estimate of drug-likeness (QED) is 0.429. The van der Waals surface area contributed by atoms with E-state index < -0.39 is 26.3 Å². The summed E-state index contributed by atoms with van der Waals surface area (Å²) in [5, 5.41) is 25.4. The molecule has 0 aromatic carbocycles. The van der Waals surface area contributed by atoms with E-state index in [0.29, 0.717) is 12.8 Å². The van der Waals surface area contributed by atoms with Crippen molar-refractivity contribution in [1.82, 2.24) is 0 Å². The van der Waals surface area contributed by atoms with Crippen LogP contribution in [0.4, 0.5) is 0 Å². The standard InChI is InChI=1S/C6H14O2.C3H8O/c7-5-3-1-2-4-6-8;1-2-3-4/h7-8H,1-6H2;4H,2-3H2,1H3/i5+1D2;1D3,2D2,3D2. The van der Waals surface area contributed by atoms with E-state index in [1.54, 1.807) is 0 Å². The van der Waals surface area contributed by atoms with E-state index in [0.717, 1.165) is 6.42 Å². The molecule has 76 valence electrons. The first kappa shape index (κ1) is 3.95. The zero-order valence-corrected chi connectivity index (χ0v) is 6.88. The van der Waals surface area contributed by atoms with Gasteiger partial charge in [-0.2, -0.15) is 0 Å². The van der Waals surface area contributed by atoms with E-state index in [2.05, 4.69) is 0 Å². The molecule has 3 heteroatoms. The summed E-state index contributed by atoms with van der Waals surface area (Å²) in [6.07, 6.45) is -0.982. The highest BCUT2D eigenvalue weighted by Crippen LogP contribution is 1.96. The molecule has 0 atom stereocenters. The molecule has 3 N–H and O–H groups in total. The normalized spacial score (nSPS) is 24.8. The molecule has 0 aromatic heterocycles. The van der Waals surface area contributed by atoms with Crippen LogP contribution in [0.1, 0.15) is 51.2 Å². The summed E-state index contributed by atoms with van der Waals surface area (Å²) in [5.41, 5.74) is 0. The molecule has 0 amide bonds. The molecule has 0 heterocycles. The minimum Gasteiger partial charge on any atom is -0.396 e. The van der Waals surface area contributed by atoms with Gasteiger partial charge in [-0.25, -0.2) is 0 Å². The first-order valence-electron chi connectivity index (χ1n) is 8.12. The van der Waals surface area contributed by atoms with Crippen molar-refractivity contribution in [1.29, 1.82) is 0 Å². The van der Waals surface area contributed by atoms with Gasteiger partial charge >= 0.3 is 0 Å². The van der Waals surface area contributed by atoms with Crippen molar-refractivity contribution < 1.29 is 27.7 Å². The number of hydrogen-bond acceptors (Lipinski definition) is 3. The highest BCUT2D eigenvalue weighted by Gasteiger charge is 1.84. The van der Waals surface area contributed by atoms with Gasteiger partial charge in [-0.1, -0.05) is 19.7 Å². The Morgan fingerprint density at radius 2 is 1.67 bits per heavy atom. The van der Waals surface area contributed by atoms with Gasteiger partial charge in [0.1, 0.15) is 0 Å². The van der Waals surface area contributed by atoms with Crippen molar-refractivity contribution in [3.8, 4) is 0 Å². The largest absolute Gasteiger partial charge is 0.396 e. The van der Waals surface area contributed by atoms with Crippen LogP contribution in [-0.2, 0) is 0 Å². The zero-order valence-electron chi connectivity index (χ0n) is 15.9. The number of hydrogen-bond donors (Lipinski definition) is 3. The zero-order chi connectivity index (χ0) is 17.5. The van der Waals surface area contributed by atoms with Gasteiger partial charge in [0.05, 0.1) is 5.48 Å². The molecule has 0 aliphatic rings. The van der Waals surface area contributed by atoms with Crippen molar-refractivity contribution in [2.24, 2.45) is 0 Å². The minimum absolute atomic E-state index is 0.147. The van der Waals surface area contributed by atoms with Crippen LogP contribution < -0.4 is 0 Å². The Kier molecular flexibility index (Phi) is 5.62. The molecule has 0 radical (unpaired) electrons. The maximum absolute atomic E-state index is 8.59. The molecule has 0 aliphatic carbocycles. The Morgan fingerprint density at radius 1 is 1.00 bits per heavy atom. The van der Waals surface area contributed by atoms with Crippen molar-refractivity contribution in [2.75, 3.05) is 19.7 Å². The van der Waals surface area contributed by atoms with Crippen LogP contribution >= 0.6 is 0 Å². The van der Waals surface area contributed by atoms with E-state index in [1.165, 1.54) is 0 Å². The van der Waals surface area contributed by atoms with Crippen molar-refractivity contribution in [2.45, 2.75) is 38.9 Å². The topological polar surface area (TPSA) is 60.7 Å². The number of aliphatic hydroxyl groups is 3. The summed E-state index contributed by atoms with van der Waals surface area (Å²) in [5.74, 6) is 0. The van der Waals surface area contributed by atoms with Crippen LogP contribution in [0.5, 0.6) is 0 Å². The minimum atomic E-state index is -3.35. The average Bonchev–Trinajstić information content (AvgIpc) is 2.21. The fourth-order valence-electron chi connectivity index (χ4n) is 0.493. The van der Waals surface area contributed by atoms with Gasteiger partial charge in [0, 0.05) is 26.6 Å². The average molecular weight is 188 g/mol. The smallest absolute Gasteiger partial charge is 0.0564 e. The maximum atomic E-state index is 8.59. The molecule has 0 spiro atoms. The summed E-state index contributed by atoms with van der Waals surface area (Å²) in [6, 6.07) is 0. The Labute approximate surface area is 87.7 Å². The molecule has 0 aromatic rings. The fourth-order valence-corrected chi connectivity index (χ4v) is 0.493. The Morgan fingerprint density at radius 3 is 2.00 bits per heavy atom. The molecule has 12 heavy (non-hydrogen) atoms. The molecule has 0 unspecified atom stereocenters. The Bertz CT molecular complexity index is 264. The van der Waals surface area contributed by atoms with Gasteiger partial charge in [0.15, 0.2) is 0 Å². The first-order valence-corrected chi connectivity index (χ1v) is 3.62. The van der Waals surface area contributed by atoms with Gasteiger partial charge in [0.2, 0.25) is 0 Å². The summed E-state index contributed by atoms with van der Waals surface area (Å²) in [4.78, 5) is 0. The second-order valence-electron chi connectivity index (χ2n) is 1.93. The van der Waals surface area contributed by atoms with Crippen LogP contribution in [0.2, 0.25) is 0 Å². The van der Waals surface area contributed by atoms with Crippen LogP contribution in [0, 0.1) is 0 Å². The van der Waals surface area contributed by atoms with Gasteiger partial charge in [0.25, 0.3) is 0 Å². The highest BCUT2D eigenvalue weighted by molar-refractivity contribution is 4.39. The lowest BCUT2D eigenvalue weighted by atomic mass is 10.2. The van der Waals surface area contributed by atoms with E-state index in [9.17, 15) is 0 Å². The predicted molar refractivity (Wildman–Crippen MR) is 50.0 cm³/mol. The fraction of sp³-hybridized carbons (Fsp3) is 1.00. The van der Waals surface area contributed by atoms with Crippen LogP contribution in [0.25, 0.3) is 0 Å². The third-order valence-corrected chi connectivity index (χ3v) is 1.00. The summed E-state index contributed by atoms with van der Waals surface area (Å²) >= 11 is 0. The van der Waals surface area contributed by atoms with E-state index in [4.69, 9.17) is 27.7 Å². The third kappa shape index (κ3) is 22.5. The molecule has 0 aliphatic heterocycles. The predicted octanol–water partition coefficient (Wildman–Crippen LogP) is 0.920. The van der Waals surface area contributed by atoms with Gasteiger partial charge in [-0.15, -0.1) is 0 Å². The van der Waals surface area contributed by atoms with Crippen molar-refractivity contribution in [3.05, 3.63) is 0 Å². The van der Waals surface area contributed by atoms with Crippen molar-refractivity contribution in [3.63, 3.8) is 0 Å². The van der Waals surface area contributed by atoms with E-state index in [-0.39, 0.29) is 13.0 Å². The number of unbranched alkanes of at least 4 members (excludes halogenated alkanes) is 2. The van der Waals surface area contributed by atoms with Gasteiger partial charge in [-0.3, -0.25) is 0 Å². The lowest BCUT2D eigenvalue weighted by molar-refractivity contribution is 0.265. The molecular formula is C9H22O3. The molecular weight excluding hydrogens is 157 g/mol. The molecule has 3 nitrogen and oxygen atoms in total. The SMILES string of the molecule is [2H]C([2H])([2H])C([2H])([2H])C([2H])([2H])O.[2H][13C]([2H])(O)CCCCCO. The van der Waals surface area contributed by atoms with Crippen molar-refractivity contribution >= 4 is 0 Å². The summed E-state index contributed by atoms with van der Waals surface area (Å²) in [6.45, 7) is -8.40. The number of aliphatic hydroxyl groups excluding tert-OH is 1. The lowest BCUT2D eigenvalue weighted by Gasteiger charge is -1.93. The van der Waals surface area contributed by atoms with Gasteiger partial charge in [-0.05, 0) is 19.2 Å². The Hall–Kier alpha value is -0.120. The van der Waals surface area contributed by atoms with E-state index in [1.807, 2.05) is 0 Å². The van der Waals surface area contributed by atoms with Crippen LogP contribution in [0.3, 0.4) is 0 Å². The third-order valence-electron chi connectivity index (χ3n) is 1.00. The second-order valence-corrected chi connectivity index (χ2v) is 1.93. The van der Waals surface area contributed by atoms with Crippen LogP contribution in [0.15, 0.2) is 0 Å². The summed E-state index contributed by atoms with van der Waals surface area (Å²) in [7, 11) is 0. The highest BCUT2D eigenvalue weighted by atomic mass is 16.3.